The van der Waals surface area contributed by atoms with Crippen molar-refractivity contribution in [1.82, 2.24) is 15.5 Å². The first-order valence-electron chi connectivity index (χ1n) is 18.6. The van der Waals surface area contributed by atoms with E-state index in [4.69, 9.17) is 14.2 Å². The van der Waals surface area contributed by atoms with E-state index < -0.39 is 24.3 Å². The summed E-state index contributed by atoms with van der Waals surface area (Å²) >= 11 is 0. The fourth-order valence-corrected chi connectivity index (χ4v) is 7.16. The highest BCUT2D eigenvalue weighted by molar-refractivity contribution is 5.84. The summed E-state index contributed by atoms with van der Waals surface area (Å²) in [5.74, 6) is -0.500. The lowest BCUT2D eigenvalue weighted by molar-refractivity contribution is -0.253. The van der Waals surface area contributed by atoms with Gasteiger partial charge in [0.25, 0.3) is 0 Å². The Morgan fingerprint density at radius 2 is 1.48 bits per heavy atom. The number of nitrogens with one attached hydrogen (secondary N) is 2. The molecule has 3 N–H and O–H groups in total. The van der Waals surface area contributed by atoms with Gasteiger partial charge in [0.1, 0.15) is 6.04 Å². The highest BCUT2D eigenvalue weighted by Crippen LogP contribution is 2.39. The third-order valence-corrected chi connectivity index (χ3v) is 10.0. The molecule has 52 heavy (non-hydrogen) atoms. The van der Waals surface area contributed by atoms with Crippen molar-refractivity contribution in [3.63, 3.8) is 0 Å². The fraction of sp³-hybridized carbons (Fsp3) is 0.395. The Labute approximate surface area is 307 Å². The summed E-state index contributed by atoms with van der Waals surface area (Å²) in [4.78, 5) is 28.0. The smallest absolute Gasteiger partial charge is 0.328 e. The molecule has 0 unspecified atom stereocenters. The molecule has 9 heteroatoms. The molecule has 2 aliphatic heterocycles. The van der Waals surface area contributed by atoms with E-state index in [1.54, 1.807) is 0 Å². The predicted molar refractivity (Wildman–Crippen MR) is 201 cm³/mol. The van der Waals surface area contributed by atoms with Crippen LogP contribution in [0.25, 0.3) is 11.1 Å². The van der Waals surface area contributed by atoms with Crippen LogP contribution in [-0.2, 0) is 38.6 Å². The second-order valence-corrected chi connectivity index (χ2v) is 13.8. The van der Waals surface area contributed by atoms with Crippen molar-refractivity contribution >= 4 is 12.0 Å². The Bertz CT molecular complexity index is 1710. The van der Waals surface area contributed by atoms with Crippen LogP contribution in [0.1, 0.15) is 78.7 Å². The molecule has 4 aromatic rings. The molecule has 2 aliphatic rings. The van der Waals surface area contributed by atoms with Gasteiger partial charge in [0, 0.05) is 31.5 Å². The van der Waals surface area contributed by atoms with Gasteiger partial charge in [0.15, 0.2) is 6.29 Å². The van der Waals surface area contributed by atoms with Crippen molar-refractivity contribution in [3.05, 3.63) is 131 Å². The number of rotatable bonds is 12. The molecule has 2 amide bonds. The number of hydrogen-bond acceptors (Lipinski definition) is 7. The monoisotopic (exact) mass is 705 g/mol. The molecule has 6 rings (SSSR count). The van der Waals surface area contributed by atoms with Gasteiger partial charge < -0.3 is 34.9 Å². The van der Waals surface area contributed by atoms with Gasteiger partial charge >= 0.3 is 12.0 Å². The Morgan fingerprint density at radius 3 is 2.19 bits per heavy atom. The molecular weight excluding hydrogens is 654 g/mol. The summed E-state index contributed by atoms with van der Waals surface area (Å²) in [5, 5.41) is 15.3. The predicted octanol–water partition coefficient (Wildman–Crippen LogP) is 7.24. The van der Waals surface area contributed by atoms with Crippen LogP contribution in [0, 0.1) is 0 Å². The SMILES string of the molecule is COC(=O)[C@H](Cc1ccccc1)NC(=O)NCc1ccccc1-c1ccc([C@H]2O[C@@H](CN3CCCCCCC3)C[C@@H](c3ccc(CO)cc3)O2)cc1. The van der Waals surface area contributed by atoms with Gasteiger partial charge in [-0.15, -0.1) is 0 Å². The third kappa shape index (κ3) is 10.3. The molecule has 0 spiro atoms. The number of hydrogen-bond donors (Lipinski definition) is 3. The topological polar surface area (TPSA) is 109 Å². The highest BCUT2D eigenvalue weighted by atomic mass is 16.7. The minimum Gasteiger partial charge on any atom is -0.467 e. The van der Waals surface area contributed by atoms with E-state index in [9.17, 15) is 14.7 Å². The maximum absolute atomic E-state index is 13.0. The molecule has 9 nitrogen and oxygen atoms in total. The number of amides is 2. The van der Waals surface area contributed by atoms with Crippen LogP contribution in [0.15, 0.2) is 103 Å². The van der Waals surface area contributed by atoms with E-state index in [-0.39, 0.29) is 25.4 Å². The van der Waals surface area contributed by atoms with E-state index in [1.807, 2.05) is 66.7 Å². The summed E-state index contributed by atoms with van der Waals surface area (Å²) in [5.41, 5.74) is 6.76. The summed E-state index contributed by atoms with van der Waals surface area (Å²) in [6.45, 7) is 3.37. The largest absolute Gasteiger partial charge is 0.467 e. The number of urea groups is 1. The van der Waals surface area contributed by atoms with E-state index in [1.165, 1.54) is 39.2 Å². The summed E-state index contributed by atoms with van der Waals surface area (Å²) in [6, 6.07) is 32.5. The van der Waals surface area contributed by atoms with Crippen molar-refractivity contribution in [1.29, 1.82) is 0 Å². The van der Waals surface area contributed by atoms with Crippen molar-refractivity contribution in [2.45, 2.75) is 82.6 Å². The molecule has 274 valence electrons. The second-order valence-electron chi connectivity index (χ2n) is 13.8. The Kier molecular flexibility index (Phi) is 13.5. The van der Waals surface area contributed by atoms with Crippen LogP contribution in [0.5, 0.6) is 0 Å². The molecule has 4 aromatic carbocycles. The molecule has 0 radical (unpaired) electrons. The first kappa shape index (κ1) is 37.2. The van der Waals surface area contributed by atoms with Crippen LogP contribution in [-0.4, -0.2) is 60.9 Å². The highest BCUT2D eigenvalue weighted by Gasteiger charge is 2.33. The fourth-order valence-electron chi connectivity index (χ4n) is 7.16. The van der Waals surface area contributed by atoms with Gasteiger partial charge in [-0.3, -0.25) is 0 Å². The molecule has 2 saturated heterocycles. The molecule has 2 fully saturated rings. The molecule has 4 atom stereocenters. The first-order valence-corrected chi connectivity index (χ1v) is 18.6. The maximum atomic E-state index is 13.0. The zero-order valence-electron chi connectivity index (χ0n) is 30.0. The van der Waals surface area contributed by atoms with E-state index >= 15 is 0 Å². The summed E-state index contributed by atoms with van der Waals surface area (Å²) in [7, 11) is 1.32. The van der Waals surface area contributed by atoms with Crippen LogP contribution in [0.3, 0.4) is 0 Å². The van der Waals surface area contributed by atoms with Crippen molar-refractivity contribution < 1.29 is 28.9 Å². The summed E-state index contributed by atoms with van der Waals surface area (Å²) in [6.07, 6.45) is 6.82. The van der Waals surface area contributed by atoms with E-state index in [0.29, 0.717) is 6.42 Å². The normalized spacial score (nSPS) is 20.2. The molecule has 0 aromatic heterocycles. The maximum Gasteiger partial charge on any atom is 0.328 e. The molecule has 0 saturated carbocycles. The molecule has 2 heterocycles. The Hall–Kier alpha value is -4.54. The van der Waals surface area contributed by atoms with Gasteiger partial charge in [-0.1, -0.05) is 122 Å². The third-order valence-electron chi connectivity index (χ3n) is 10.0. The number of methoxy groups -OCH3 is 1. The number of nitrogens with zero attached hydrogens (tertiary/aromatic N) is 1. The zero-order valence-corrected chi connectivity index (χ0v) is 30.0. The van der Waals surface area contributed by atoms with E-state index in [0.717, 1.165) is 65.0 Å². The van der Waals surface area contributed by atoms with Gasteiger partial charge in [0.05, 0.1) is 25.9 Å². The van der Waals surface area contributed by atoms with Gasteiger partial charge in [0.2, 0.25) is 0 Å². The van der Waals surface area contributed by atoms with Crippen LogP contribution in [0.4, 0.5) is 4.79 Å². The van der Waals surface area contributed by atoms with Crippen molar-refractivity contribution in [3.8, 4) is 11.1 Å². The number of ether oxygens (including phenoxy) is 3. The van der Waals surface area contributed by atoms with E-state index in [2.05, 4.69) is 51.9 Å². The standard InChI is InChI=1S/C43H51N3O6/c1-50-41(48)39(26-31-12-6-5-7-13-31)45-43(49)44-28-36-14-8-9-15-38(36)33-20-22-35(23-21-33)42-51-37(29-46-24-10-3-2-4-11-25-46)27-40(52-42)34-18-16-32(30-47)17-19-34/h5-9,12-23,37,39-40,42,47H,2-4,10-11,24-30H2,1H3,(H2,44,45,49)/t37-,39+,40+,42+/m1/s1. The average Bonchev–Trinajstić information content (AvgIpc) is 3.18. The number of likely N-dealkylation sites (tertiary alicyclic amines) is 1. The van der Waals surface area contributed by atoms with Crippen LogP contribution in [0.2, 0.25) is 0 Å². The Balaban J connectivity index is 1.13. The zero-order chi connectivity index (χ0) is 36.1. The van der Waals surface area contributed by atoms with Crippen molar-refractivity contribution in [2.75, 3.05) is 26.7 Å². The van der Waals surface area contributed by atoms with Crippen LogP contribution < -0.4 is 10.6 Å². The summed E-state index contributed by atoms with van der Waals surface area (Å²) < 4.78 is 18.3. The average molecular weight is 706 g/mol. The quantitative estimate of drug-likeness (QED) is 0.133. The lowest BCUT2D eigenvalue weighted by atomic mass is 9.97. The lowest BCUT2D eigenvalue weighted by Crippen LogP contribution is -2.47. The number of aliphatic hydroxyl groups is 1. The number of benzene rings is 4. The molecular formula is C43H51N3O6. The van der Waals surface area contributed by atoms with Crippen LogP contribution >= 0.6 is 0 Å². The van der Waals surface area contributed by atoms with Gasteiger partial charge in [-0.2, -0.15) is 0 Å². The first-order chi connectivity index (χ1) is 25.5. The van der Waals surface area contributed by atoms with Gasteiger partial charge in [-0.05, 0) is 59.3 Å². The molecule has 0 aliphatic carbocycles. The number of carbonyl (C=O) groups excluding carboxylic acids is 2. The second kappa shape index (κ2) is 18.8. The lowest BCUT2D eigenvalue weighted by Gasteiger charge is -2.39. The Morgan fingerprint density at radius 1 is 0.808 bits per heavy atom. The van der Waals surface area contributed by atoms with Crippen molar-refractivity contribution in [2.24, 2.45) is 0 Å². The minimum atomic E-state index is -0.813. The molecule has 0 bridgehead atoms. The number of carbonyl (C=O) groups is 2. The number of aliphatic hydroxyl groups excluding tert-OH is 1. The van der Waals surface area contributed by atoms with Gasteiger partial charge in [-0.25, -0.2) is 9.59 Å². The minimum absolute atomic E-state index is 0.0124. The number of esters is 1.